The number of halogens is 2. The molecule has 0 aromatic carbocycles. The molecule has 2 unspecified atom stereocenters. The Labute approximate surface area is 152 Å². The van der Waals surface area contributed by atoms with Crippen molar-refractivity contribution in [3.05, 3.63) is 23.3 Å². The van der Waals surface area contributed by atoms with E-state index in [-0.39, 0.29) is 24.2 Å². The van der Waals surface area contributed by atoms with E-state index in [2.05, 4.69) is 9.89 Å². The summed E-state index contributed by atoms with van der Waals surface area (Å²) < 4.78 is 27.1. The van der Waals surface area contributed by atoms with Crippen LogP contribution in [0.2, 0.25) is 0 Å². The third-order valence-electron chi connectivity index (χ3n) is 4.76. The normalized spacial score (nSPS) is 28.3. The van der Waals surface area contributed by atoms with Crippen molar-refractivity contribution in [3.63, 3.8) is 0 Å². The molecule has 0 aromatic rings. The molecule has 0 bridgehead atoms. The molecule has 3 rings (SSSR count). The summed E-state index contributed by atoms with van der Waals surface area (Å²) in [5, 5.41) is 0. The fraction of sp³-hybridized carbons (Fsp3) is 0.611. The summed E-state index contributed by atoms with van der Waals surface area (Å²) in [6.07, 6.45) is 2.14. The van der Waals surface area contributed by atoms with E-state index in [1.807, 2.05) is 25.7 Å². The molecule has 0 aliphatic carbocycles. The number of hydrogen-bond acceptors (Lipinski definition) is 5. The predicted molar refractivity (Wildman–Crippen MR) is 97.1 cm³/mol. The topological polar surface area (TPSA) is 51.5 Å². The summed E-state index contributed by atoms with van der Waals surface area (Å²) in [5.41, 5.74) is 0.0764. The molecule has 26 heavy (non-hydrogen) atoms. The average molecular weight is 365 g/mol. The first-order chi connectivity index (χ1) is 12.1. The van der Waals surface area contributed by atoms with Crippen LogP contribution in [0.25, 0.3) is 0 Å². The fourth-order valence-electron chi connectivity index (χ4n) is 3.65. The number of hydrogen-bond donors (Lipinski definition) is 0. The number of carbonyl (C=O) groups is 1. The van der Waals surface area contributed by atoms with Crippen molar-refractivity contribution in [1.82, 2.24) is 14.7 Å². The molecule has 1 amide bonds. The number of allylic oxidation sites excluding steroid dienone is 3. The maximum atomic E-state index is 14.1. The number of rotatable bonds is 4. The second-order valence-electron chi connectivity index (χ2n) is 7.59. The van der Waals surface area contributed by atoms with Crippen LogP contribution in [0.1, 0.15) is 34.6 Å². The summed E-state index contributed by atoms with van der Waals surface area (Å²) in [7, 11) is 0. The zero-order valence-electron chi connectivity index (χ0n) is 15.8. The maximum absolute atomic E-state index is 14.1. The second kappa shape index (κ2) is 6.48. The van der Waals surface area contributed by atoms with E-state index in [0.717, 1.165) is 6.08 Å². The lowest BCUT2D eigenvalue weighted by Gasteiger charge is -2.44. The number of fused-ring (bicyclic) bond motifs is 3. The summed E-state index contributed by atoms with van der Waals surface area (Å²) in [6, 6.07) is -0.558. The largest absolute Gasteiger partial charge is 0.336 e. The van der Waals surface area contributed by atoms with Gasteiger partial charge in [-0.2, -0.15) is 0 Å². The van der Waals surface area contributed by atoms with Crippen LogP contribution in [-0.4, -0.2) is 70.3 Å². The zero-order valence-corrected chi connectivity index (χ0v) is 15.8. The lowest BCUT2D eigenvalue weighted by Crippen LogP contribution is -2.65. The maximum Gasteiger partial charge on any atom is 0.258 e. The highest BCUT2D eigenvalue weighted by Gasteiger charge is 2.53. The van der Waals surface area contributed by atoms with E-state index < -0.39 is 17.7 Å². The number of aliphatic imine (C=N–C) groups is 2. The van der Waals surface area contributed by atoms with Crippen LogP contribution in [0.15, 0.2) is 33.3 Å². The van der Waals surface area contributed by atoms with Gasteiger partial charge in [0.2, 0.25) is 5.96 Å². The quantitative estimate of drug-likeness (QED) is 0.719. The first-order valence-corrected chi connectivity index (χ1v) is 8.80. The fourth-order valence-corrected chi connectivity index (χ4v) is 3.65. The van der Waals surface area contributed by atoms with Gasteiger partial charge in [0, 0.05) is 25.7 Å². The number of nitrogens with zero attached hydrogens (tertiary/aromatic N) is 5. The van der Waals surface area contributed by atoms with Crippen LogP contribution in [0.3, 0.4) is 0 Å². The highest BCUT2D eigenvalue weighted by Crippen LogP contribution is 2.33. The van der Waals surface area contributed by atoms with E-state index >= 15 is 0 Å². The second-order valence-corrected chi connectivity index (χ2v) is 7.59. The Kier molecular flexibility index (Phi) is 4.62. The van der Waals surface area contributed by atoms with Gasteiger partial charge < -0.3 is 9.80 Å². The van der Waals surface area contributed by atoms with Crippen molar-refractivity contribution >= 4 is 18.2 Å². The SMILES string of the molecule is CCN1C(=O)C2N=CN(CC(C)=C(F)C=C(C)F)C2N2CC(C)(C)N=C12. The van der Waals surface area contributed by atoms with Gasteiger partial charge in [-0.1, -0.05) is 0 Å². The van der Waals surface area contributed by atoms with Gasteiger partial charge in [0.25, 0.3) is 5.91 Å². The van der Waals surface area contributed by atoms with Crippen molar-refractivity contribution in [2.45, 2.75) is 52.4 Å². The Hall–Kier alpha value is -2.25. The number of carbonyl (C=O) groups excluding carboxylic acids is 1. The molecule has 0 aromatic heterocycles. The molecule has 142 valence electrons. The van der Waals surface area contributed by atoms with Gasteiger partial charge in [-0.15, -0.1) is 0 Å². The molecule has 6 nitrogen and oxygen atoms in total. The minimum atomic E-state index is -0.602. The summed E-state index contributed by atoms with van der Waals surface area (Å²) in [6.45, 7) is 10.2. The molecule has 0 radical (unpaired) electrons. The molecule has 0 N–H and O–H groups in total. The van der Waals surface area contributed by atoms with Gasteiger partial charge in [0.15, 0.2) is 6.04 Å². The van der Waals surface area contributed by atoms with E-state index in [1.165, 1.54) is 6.92 Å². The van der Waals surface area contributed by atoms with Gasteiger partial charge in [-0.05, 0) is 40.2 Å². The molecule has 3 aliphatic rings. The molecule has 0 spiro atoms. The van der Waals surface area contributed by atoms with Crippen LogP contribution in [0, 0.1) is 0 Å². The van der Waals surface area contributed by atoms with Crippen LogP contribution in [-0.2, 0) is 4.79 Å². The molecule has 3 aliphatic heterocycles. The molecule has 0 saturated carbocycles. The van der Waals surface area contributed by atoms with E-state index in [9.17, 15) is 13.6 Å². The van der Waals surface area contributed by atoms with Gasteiger partial charge in [-0.3, -0.25) is 14.7 Å². The first-order valence-electron chi connectivity index (χ1n) is 8.80. The van der Waals surface area contributed by atoms with Crippen molar-refractivity contribution in [2.24, 2.45) is 9.98 Å². The van der Waals surface area contributed by atoms with Gasteiger partial charge in [0.05, 0.1) is 17.7 Å². The highest BCUT2D eigenvalue weighted by molar-refractivity contribution is 6.04. The summed E-state index contributed by atoms with van der Waals surface area (Å²) in [5.74, 6) is -0.627. The minimum Gasteiger partial charge on any atom is -0.336 e. The van der Waals surface area contributed by atoms with Crippen LogP contribution in [0.4, 0.5) is 8.78 Å². The monoisotopic (exact) mass is 365 g/mol. The van der Waals surface area contributed by atoms with Crippen LogP contribution < -0.4 is 0 Å². The Morgan fingerprint density at radius 1 is 1.38 bits per heavy atom. The van der Waals surface area contributed by atoms with E-state index in [4.69, 9.17) is 4.99 Å². The molecular formula is C18H25F2N5O. The van der Waals surface area contributed by atoms with Crippen LogP contribution in [0.5, 0.6) is 0 Å². The number of likely N-dealkylation sites (N-methyl/N-ethyl adjacent to an activating group) is 1. The number of guanidine groups is 1. The predicted octanol–water partition coefficient (Wildman–Crippen LogP) is 2.45. The van der Waals surface area contributed by atoms with E-state index in [0.29, 0.717) is 24.6 Å². The summed E-state index contributed by atoms with van der Waals surface area (Å²) >= 11 is 0. The average Bonchev–Trinajstić information content (AvgIpc) is 3.07. The first kappa shape index (κ1) is 18.5. The standard InChI is InChI=1S/C18H25F2N5O/c1-6-24-16(26)14-15(25-9-18(4,5)22-17(24)25)23(10-21-14)8-11(2)13(20)7-12(3)19/h7,10,14-15H,6,8-9H2,1-5H3. The molecule has 2 atom stereocenters. The third kappa shape index (κ3) is 3.12. The van der Waals surface area contributed by atoms with Crippen molar-refractivity contribution in [1.29, 1.82) is 0 Å². The number of amides is 1. The minimum absolute atomic E-state index is 0.0921. The third-order valence-corrected chi connectivity index (χ3v) is 4.76. The van der Waals surface area contributed by atoms with Crippen molar-refractivity contribution in [2.75, 3.05) is 19.6 Å². The Bertz CT molecular complexity index is 736. The Morgan fingerprint density at radius 2 is 2.08 bits per heavy atom. The molecule has 8 heteroatoms. The highest BCUT2D eigenvalue weighted by atomic mass is 19.1. The van der Waals surface area contributed by atoms with E-state index in [1.54, 1.807) is 18.2 Å². The van der Waals surface area contributed by atoms with Gasteiger partial charge >= 0.3 is 0 Å². The Balaban J connectivity index is 1.90. The molecule has 3 heterocycles. The Morgan fingerprint density at radius 3 is 2.69 bits per heavy atom. The van der Waals surface area contributed by atoms with Gasteiger partial charge in [0.1, 0.15) is 12.0 Å². The molecule has 1 fully saturated rings. The smallest absolute Gasteiger partial charge is 0.258 e. The van der Waals surface area contributed by atoms with Crippen molar-refractivity contribution < 1.29 is 13.6 Å². The zero-order chi connectivity index (χ0) is 19.2. The lowest BCUT2D eigenvalue weighted by atomic mass is 10.1. The molecular weight excluding hydrogens is 340 g/mol. The lowest BCUT2D eigenvalue weighted by molar-refractivity contribution is -0.133. The van der Waals surface area contributed by atoms with Crippen molar-refractivity contribution in [3.8, 4) is 0 Å². The summed E-state index contributed by atoms with van der Waals surface area (Å²) in [4.78, 5) is 27.5. The van der Waals surface area contributed by atoms with Gasteiger partial charge in [-0.25, -0.2) is 13.8 Å². The molecule has 1 saturated heterocycles. The van der Waals surface area contributed by atoms with Crippen LogP contribution >= 0.6 is 0 Å².